The maximum absolute atomic E-state index is 12.5. The molecule has 0 saturated carbocycles. The Bertz CT molecular complexity index is 1060. The van der Waals surface area contributed by atoms with Crippen molar-refractivity contribution < 1.29 is 18.8 Å². The molecule has 1 aliphatic rings. The van der Waals surface area contributed by atoms with Gasteiger partial charge in [-0.3, -0.25) is 4.79 Å². The lowest BCUT2D eigenvalue weighted by Crippen LogP contribution is -2.24. The predicted molar refractivity (Wildman–Crippen MR) is 116 cm³/mol. The normalized spacial score (nSPS) is 16.0. The average Bonchev–Trinajstić information content (AvgIpc) is 3.39. The lowest BCUT2D eigenvalue weighted by Gasteiger charge is -2.16. The largest absolute Gasteiger partial charge is 0.493 e. The Morgan fingerprint density at radius 3 is 2.84 bits per heavy atom. The number of hydrogen-bond acceptors (Lipinski definition) is 6. The smallest absolute Gasteiger partial charge is 0.232 e. The Labute approximate surface area is 182 Å². The molecule has 1 saturated heterocycles. The molecule has 2 aromatic carbocycles. The number of rotatable bonds is 8. The van der Waals surface area contributed by atoms with Crippen LogP contribution in [-0.4, -0.2) is 41.2 Å². The lowest BCUT2D eigenvalue weighted by molar-refractivity contribution is -0.128. The molecule has 7 nitrogen and oxygen atoms in total. The van der Waals surface area contributed by atoms with Crippen molar-refractivity contribution in [3.05, 3.63) is 59.5 Å². The summed E-state index contributed by atoms with van der Waals surface area (Å²) in [7, 11) is 1.60. The van der Waals surface area contributed by atoms with E-state index in [1.54, 1.807) is 7.11 Å². The molecule has 1 unspecified atom stereocenters. The van der Waals surface area contributed by atoms with Gasteiger partial charge in [0.05, 0.1) is 19.6 Å². The van der Waals surface area contributed by atoms with Crippen LogP contribution in [0.15, 0.2) is 47.0 Å². The molecule has 0 bridgehead atoms. The average molecular weight is 421 g/mol. The van der Waals surface area contributed by atoms with Crippen molar-refractivity contribution in [2.45, 2.75) is 39.2 Å². The first-order valence-corrected chi connectivity index (χ1v) is 10.6. The lowest BCUT2D eigenvalue weighted by atomic mass is 10.1. The van der Waals surface area contributed by atoms with E-state index in [-0.39, 0.29) is 11.8 Å². The highest BCUT2D eigenvalue weighted by Crippen LogP contribution is 2.33. The summed E-state index contributed by atoms with van der Waals surface area (Å²) in [6.45, 7) is 5.89. The van der Waals surface area contributed by atoms with Gasteiger partial charge in [0.1, 0.15) is 0 Å². The van der Waals surface area contributed by atoms with Gasteiger partial charge in [0.15, 0.2) is 11.5 Å². The molecule has 162 valence electrons. The molecular weight excluding hydrogens is 394 g/mol. The minimum Gasteiger partial charge on any atom is -0.493 e. The second-order valence-corrected chi connectivity index (χ2v) is 7.83. The fourth-order valence-corrected chi connectivity index (χ4v) is 3.78. The van der Waals surface area contributed by atoms with Crippen molar-refractivity contribution in [3.63, 3.8) is 0 Å². The van der Waals surface area contributed by atoms with Crippen molar-refractivity contribution in [1.29, 1.82) is 0 Å². The van der Waals surface area contributed by atoms with E-state index in [0.717, 1.165) is 17.5 Å². The molecule has 1 fully saturated rings. The van der Waals surface area contributed by atoms with E-state index in [2.05, 4.69) is 36.1 Å². The first kappa shape index (κ1) is 20.9. The van der Waals surface area contributed by atoms with E-state index in [0.29, 0.717) is 49.3 Å². The van der Waals surface area contributed by atoms with Crippen molar-refractivity contribution in [2.75, 3.05) is 20.3 Å². The summed E-state index contributed by atoms with van der Waals surface area (Å²) in [5.41, 5.74) is 3.08. The van der Waals surface area contributed by atoms with Gasteiger partial charge in [-0.2, -0.15) is 4.98 Å². The zero-order chi connectivity index (χ0) is 21.8. The molecule has 1 aromatic heterocycles. The minimum atomic E-state index is -0.104. The number of aryl methyl sites for hydroxylation is 1. The Balaban J connectivity index is 1.47. The highest BCUT2D eigenvalue weighted by Gasteiger charge is 2.34. The van der Waals surface area contributed by atoms with Crippen LogP contribution in [0.3, 0.4) is 0 Å². The summed E-state index contributed by atoms with van der Waals surface area (Å²) in [6, 6.07) is 13.8. The number of carbonyl (C=O) groups is 1. The SMILES string of the molecule is CCCOc1ccc(-c2noc(C3CC(=O)N(Cc4cccc(C)c4)C3)n2)cc1OC. The number of nitrogens with zero attached hydrogens (tertiary/aromatic N) is 3. The summed E-state index contributed by atoms with van der Waals surface area (Å²) in [5.74, 6) is 2.26. The molecule has 1 amide bonds. The van der Waals surface area contributed by atoms with E-state index in [9.17, 15) is 4.79 Å². The number of hydrogen-bond donors (Lipinski definition) is 0. The fourth-order valence-electron chi connectivity index (χ4n) is 3.78. The van der Waals surface area contributed by atoms with Gasteiger partial charge in [0, 0.05) is 25.1 Å². The van der Waals surface area contributed by atoms with Gasteiger partial charge in [-0.1, -0.05) is 41.9 Å². The molecular formula is C24H27N3O4. The number of methoxy groups -OCH3 is 1. The van der Waals surface area contributed by atoms with E-state index in [4.69, 9.17) is 14.0 Å². The molecule has 31 heavy (non-hydrogen) atoms. The van der Waals surface area contributed by atoms with Crippen LogP contribution >= 0.6 is 0 Å². The van der Waals surface area contributed by atoms with Crippen molar-refractivity contribution >= 4 is 5.91 Å². The summed E-state index contributed by atoms with van der Waals surface area (Å²) in [5, 5.41) is 4.13. The van der Waals surface area contributed by atoms with Gasteiger partial charge in [-0.25, -0.2) is 0 Å². The third-order valence-corrected chi connectivity index (χ3v) is 5.34. The monoisotopic (exact) mass is 421 g/mol. The van der Waals surface area contributed by atoms with Crippen molar-refractivity contribution in [1.82, 2.24) is 15.0 Å². The van der Waals surface area contributed by atoms with Crippen LogP contribution in [-0.2, 0) is 11.3 Å². The van der Waals surface area contributed by atoms with Gasteiger partial charge < -0.3 is 18.9 Å². The topological polar surface area (TPSA) is 77.7 Å². The number of carbonyl (C=O) groups excluding carboxylic acids is 1. The molecule has 3 aromatic rings. The van der Waals surface area contributed by atoms with Crippen molar-refractivity contribution in [2.24, 2.45) is 0 Å². The maximum Gasteiger partial charge on any atom is 0.232 e. The third kappa shape index (κ3) is 4.71. The number of benzene rings is 2. The third-order valence-electron chi connectivity index (χ3n) is 5.34. The second-order valence-electron chi connectivity index (χ2n) is 7.83. The predicted octanol–water partition coefficient (Wildman–Crippen LogP) is 4.36. The quantitative estimate of drug-likeness (QED) is 0.538. The Morgan fingerprint density at radius 2 is 2.06 bits per heavy atom. The molecule has 0 spiro atoms. The number of amides is 1. The summed E-state index contributed by atoms with van der Waals surface area (Å²) in [4.78, 5) is 19.0. The first-order valence-electron chi connectivity index (χ1n) is 10.6. The van der Waals surface area contributed by atoms with E-state index >= 15 is 0 Å². The Hall–Kier alpha value is -3.35. The molecule has 0 radical (unpaired) electrons. The first-order chi connectivity index (χ1) is 15.1. The van der Waals surface area contributed by atoms with Gasteiger partial charge in [-0.15, -0.1) is 0 Å². The summed E-state index contributed by atoms with van der Waals surface area (Å²) >= 11 is 0. The standard InChI is InChI=1S/C24H27N3O4/c1-4-10-30-20-9-8-18(12-21(20)29-3)23-25-24(31-26-23)19-13-22(28)27(15-19)14-17-7-5-6-16(2)11-17/h5-9,11-12,19H,4,10,13-15H2,1-3H3. The van der Waals surface area contributed by atoms with Crippen molar-refractivity contribution in [3.8, 4) is 22.9 Å². The zero-order valence-electron chi connectivity index (χ0n) is 18.1. The van der Waals surface area contributed by atoms with Crippen LogP contribution in [0.2, 0.25) is 0 Å². The molecule has 1 aliphatic heterocycles. The second kappa shape index (κ2) is 9.20. The van der Waals surface area contributed by atoms with E-state index in [1.807, 2.05) is 35.2 Å². The van der Waals surface area contributed by atoms with Gasteiger partial charge >= 0.3 is 0 Å². The maximum atomic E-state index is 12.5. The molecule has 0 N–H and O–H groups in total. The summed E-state index contributed by atoms with van der Waals surface area (Å²) in [6.07, 6.45) is 1.29. The molecule has 4 rings (SSSR count). The van der Waals surface area contributed by atoms with Crippen LogP contribution < -0.4 is 9.47 Å². The van der Waals surface area contributed by atoms with Gasteiger partial charge in [0.2, 0.25) is 17.6 Å². The minimum absolute atomic E-state index is 0.102. The van der Waals surface area contributed by atoms with Gasteiger partial charge in [0.25, 0.3) is 0 Å². The Morgan fingerprint density at radius 1 is 1.19 bits per heavy atom. The molecule has 7 heteroatoms. The molecule has 1 atom stereocenters. The van der Waals surface area contributed by atoms with Crippen LogP contribution in [0.1, 0.15) is 42.7 Å². The number of ether oxygens (including phenoxy) is 2. The molecule has 0 aliphatic carbocycles. The van der Waals surface area contributed by atoms with Gasteiger partial charge in [-0.05, 0) is 37.1 Å². The number of aromatic nitrogens is 2. The van der Waals surface area contributed by atoms with E-state index in [1.165, 1.54) is 5.56 Å². The fraction of sp³-hybridized carbons (Fsp3) is 0.375. The van der Waals surface area contributed by atoms with Crippen LogP contribution in [0.4, 0.5) is 0 Å². The molecule has 2 heterocycles. The Kier molecular flexibility index (Phi) is 6.21. The van der Waals surface area contributed by atoms with Crippen LogP contribution in [0, 0.1) is 6.92 Å². The number of likely N-dealkylation sites (tertiary alicyclic amines) is 1. The van der Waals surface area contributed by atoms with Crippen LogP contribution in [0.5, 0.6) is 11.5 Å². The van der Waals surface area contributed by atoms with E-state index < -0.39 is 0 Å². The highest BCUT2D eigenvalue weighted by molar-refractivity contribution is 5.79. The summed E-state index contributed by atoms with van der Waals surface area (Å²) < 4.78 is 16.7. The zero-order valence-corrected chi connectivity index (χ0v) is 18.1. The highest BCUT2D eigenvalue weighted by atomic mass is 16.5. The van der Waals surface area contributed by atoms with Crippen LogP contribution in [0.25, 0.3) is 11.4 Å².